The maximum absolute atomic E-state index is 14.4. The number of likely N-dealkylation sites (tertiary alicyclic amines) is 1. The van der Waals surface area contributed by atoms with Crippen LogP contribution in [0.1, 0.15) is 43.7 Å². The van der Waals surface area contributed by atoms with E-state index in [0.29, 0.717) is 42.9 Å². The van der Waals surface area contributed by atoms with Crippen LogP contribution < -0.4 is 16.4 Å². The molecule has 1 aromatic carbocycles. The summed E-state index contributed by atoms with van der Waals surface area (Å²) in [7, 11) is 0. The summed E-state index contributed by atoms with van der Waals surface area (Å²) < 4.78 is 14.4. The summed E-state index contributed by atoms with van der Waals surface area (Å²) in [6.07, 6.45) is 3.77. The molecule has 0 bridgehead atoms. The fourth-order valence-electron chi connectivity index (χ4n) is 3.22. The zero-order chi connectivity index (χ0) is 18.9. The van der Waals surface area contributed by atoms with Crippen molar-refractivity contribution in [3.8, 4) is 0 Å². The van der Waals surface area contributed by atoms with Gasteiger partial charge in [0.15, 0.2) is 0 Å². The number of primary amides is 1. The molecule has 144 valence electrons. The molecule has 1 aromatic rings. The lowest BCUT2D eigenvalue weighted by Gasteiger charge is -2.29. The van der Waals surface area contributed by atoms with E-state index in [1.807, 2.05) is 0 Å². The Bertz CT molecular complexity index is 603. The Labute approximate surface area is 158 Å². The summed E-state index contributed by atoms with van der Waals surface area (Å²) in [4.78, 5) is 24.8. The number of nitrogens with zero attached hydrogens (tertiary/aromatic N) is 1. The first kappa shape index (κ1) is 20.5. The highest BCUT2D eigenvalue weighted by molar-refractivity contribution is 6.31. The third kappa shape index (κ3) is 6.14. The SMILES string of the molecule is NC(=O)NCCCCC(=O)NCC(c1c(F)cccc1Cl)N1CCCC1. The molecule has 3 amide bonds. The van der Waals surface area contributed by atoms with Gasteiger partial charge in [-0.2, -0.15) is 0 Å². The minimum atomic E-state index is -0.565. The Morgan fingerprint density at radius 3 is 2.62 bits per heavy atom. The Kier molecular flexibility index (Phi) is 8.12. The van der Waals surface area contributed by atoms with Crippen LogP contribution in [0.4, 0.5) is 9.18 Å². The Hall–Kier alpha value is -1.86. The quantitative estimate of drug-likeness (QED) is 0.572. The number of unbranched alkanes of at least 4 members (excludes halogenated alkanes) is 1. The maximum atomic E-state index is 14.4. The van der Waals surface area contributed by atoms with Gasteiger partial charge in [0.25, 0.3) is 0 Å². The molecule has 0 spiro atoms. The molecule has 0 aromatic heterocycles. The van der Waals surface area contributed by atoms with Gasteiger partial charge in [0.1, 0.15) is 5.82 Å². The van der Waals surface area contributed by atoms with Gasteiger partial charge in [-0.05, 0) is 50.9 Å². The fourth-order valence-corrected chi connectivity index (χ4v) is 3.51. The van der Waals surface area contributed by atoms with Crippen LogP contribution in [0.2, 0.25) is 5.02 Å². The van der Waals surface area contributed by atoms with E-state index in [-0.39, 0.29) is 17.8 Å². The molecule has 1 unspecified atom stereocenters. The summed E-state index contributed by atoms with van der Waals surface area (Å²) in [5.74, 6) is -0.443. The van der Waals surface area contributed by atoms with Gasteiger partial charge in [-0.25, -0.2) is 9.18 Å². The second-order valence-corrected chi connectivity index (χ2v) is 6.85. The van der Waals surface area contributed by atoms with Crippen molar-refractivity contribution in [2.45, 2.75) is 38.1 Å². The van der Waals surface area contributed by atoms with Gasteiger partial charge >= 0.3 is 6.03 Å². The van der Waals surface area contributed by atoms with Gasteiger partial charge in [0.05, 0.1) is 6.04 Å². The van der Waals surface area contributed by atoms with Crippen molar-refractivity contribution in [3.05, 3.63) is 34.6 Å². The number of amides is 3. The van der Waals surface area contributed by atoms with Gasteiger partial charge < -0.3 is 16.4 Å². The molecule has 1 aliphatic rings. The number of nitrogens with two attached hydrogens (primary N) is 1. The highest BCUT2D eigenvalue weighted by atomic mass is 35.5. The number of urea groups is 1. The topological polar surface area (TPSA) is 87.5 Å². The van der Waals surface area contributed by atoms with Gasteiger partial charge in [-0.3, -0.25) is 9.69 Å². The van der Waals surface area contributed by atoms with Crippen LogP contribution in [0.25, 0.3) is 0 Å². The number of rotatable bonds is 9. The minimum absolute atomic E-state index is 0.0965. The van der Waals surface area contributed by atoms with Crippen LogP contribution in [0, 0.1) is 5.82 Å². The zero-order valence-electron chi connectivity index (χ0n) is 14.8. The molecule has 8 heteroatoms. The number of carbonyl (C=O) groups excluding carboxylic acids is 2. The van der Waals surface area contributed by atoms with Crippen LogP contribution in [-0.2, 0) is 4.79 Å². The first-order valence-corrected chi connectivity index (χ1v) is 9.35. The van der Waals surface area contributed by atoms with Crippen molar-refractivity contribution < 1.29 is 14.0 Å². The fraction of sp³-hybridized carbons (Fsp3) is 0.556. The van der Waals surface area contributed by atoms with E-state index < -0.39 is 6.03 Å². The van der Waals surface area contributed by atoms with E-state index in [1.54, 1.807) is 12.1 Å². The summed E-state index contributed by atoms with van der Waals surface area (Å²) in [6.45, 7) is 2.50. The highest BCUT2D eigenvalue weighted by Crippen LogP contribution is 2.31. The Balaban J connectivity index is 1.89. The van der Waals surface area contributed by atoms with Crippen LogP contribution >= 0.6 is 11.6 Å². The van der Waals surface area contributed by atoms with Gasteiger partial charge in [-0.15, -0.1) is 0 Å². The zero-order valence-corrected chi connectivity index (χ0v) is 15.5. The van der Waals surface area contributed by atoms with Crippen molar-refractivity contribution in [2.75, 3.05) is 26.2 Å². The van der Waals surface area contributed by atoms with Gasteiger partial charge in [0, 0.05) is 30.1 Å². The van der Waals surface area contributed by atoms with Crippen LogP contribution in [0.15, 0.2) is 18.2 Å². The third-order valence-electron chi connectivity index (χ3n) is 4.54. The smallest absolute Gasteiger partial charge is 0.312 e. The average molecular weight is 385 g/mol. The number of nitrogens with one attached hydrogen (secondary N) is 2. The minimum Gasteiger partial charge on any atom is -0.354 e. The molecule has 1 saturated heterocycles. The van der Waals surface area contributed by atoms with Crippen molar-refractivity contribution >= 4 is 23.5 Å². The van der Waals surface area contributed by atoms with Gasteiger partial charge in [-0.1, -0.05) is 17.7 Å². The summed E-state index contributed by atoms with van der Waals surface area (Å²) in [5, 5.41) is 5.76. The second-order valence-electron chi connectivity index (χ2n) is 6.45. The molecule has 1 heterocycles. The standard InChI is InChI=1S/C18H26ClFN4O2/c19-13-6-5-7-14(20)17(13)15(24-10-3-4-11-24)12-23-16(25)8-1-2-9-22-18(21)26/h5-7,15H,1-4,8-12H2,(H,23,25)(H3,21,22,26). The predicted molar refractivity (Wildman–Crippen MR) is 99.4 cm³/mol. The lowest BCUT2D eigenvalue weighted by molar-refractivity contribution is -0.121. The molecule has 6 nitrogen and oxygen atoms in total. The lowest BCUT2D eigenvalue weighted by Crippen LogP contribution is -2.37. The number of hydrogen-bond donors (Lipinski definition) is 3. The van der Waals surface area contributed by atoms with Crippen molar-refractivity contribution in [2.24, 2.45) is 5.73 Å². The van der Waals surface area contributed by atoms with Crippen molar-refractivity contribution in [1.29, 1.82) is 0 Å². The molecule has 0 saturated carbocycles. The summed E-state index contributed by atoms with van der Waals surface area (Å²) in [5.41, 5.74) is 5.43. The molecule has 1 aliphatic heterocycles. The monoisotopic (exact) mass is 384 g/mol. The predicted octanol–water partition coefficient (Wildman–Crippen LogP) is 2.57. The largest absolute Gasteiger partial charge is 0.354 e. The van der Waals surface area contributed by atoms with E-state index >= 15 is 0 Å². The van der Waals surface area contributed by atoms with E-state index in [4.69, 9.17) is 17.3 Å². The van der Waals surface area contributed by atoms with E-state index in [9.17, 15) is 14.0 Å². The van der Waals surface area contributed by atoms with E-state index in [2.05, 4.69) is 15.5 Å². The average Bonchev–Trinajstić information content (AvgIpc) is 3.11. The highest BCUT2D eigenvalue weighted by Gasteiger charge is 2.27. The molecular formula is C18H26ClFN4O2. The van der Waals surface area contributed by atoms with Gasteiger partial charge in [0.2, 0.25) is 5.91 Å². The second kappa shape index (κ2) is 10.3. The summed E-state index contributed by atoms with van der Waals surface area (Å²) in [6, 6.07) is 3.83. The Morgan fingerprint density at radius 2 is 1.96 bits per heavy atom. The molecule has 0 radical (unpaired) electrons. The molecule has 1 atom stereocenters. The van der Waals surface area contributed by atoms with E-state index in [0.717, 1.165) is 25.9 Å². The summed E-state index contributed by atoms with van der Waals surface area (Å²) >= 11 is 6.24. The maximum Gasteiger partial charge on any atom is 0.312 e. The third-order valence-corrected chi connectivity index (χ3v) is 4.87. The number of hydrogen-bond acceptors (Lipinski definition) is 3. The molecular weight excluding hydrogens is 359 g/mol. The number of halogens is 2. The number of carbonyl (C=O) groups is 2. The normalized spacial score (nSPS) is 15.6. The Morgan fingerprint density at radius 1 is 1.23 bits per heavy atom. The van der Waals surface area contributed by atoms with Crippen LogP contribution in [0.3, 0.4) is 0 Å². The van der Waals surface area contributed by atoms with E-state index in [1.165, 1.54) is 6.07 Å². The molecule has 1 fully saturated rings. The molecule has 4 N–H and O–H groups in total. The van der Waals surface area contributed by atoms with Crippen LogP contribution in [-0.4, -0.2) is 43.0 Å². The number of benzene rings is 1. The van der Waals surface area contributed by atoms with Crippen molar-refractivity contribution in [3.63, 3.8) is 0 Å². The van der Waals surface area contributed by atoms with Crippen LogP contribution in [0.5, 0.6) is 0 Å². The molecule has 26 heavy (non-hydrogen) atoms. The first-order chi connectivity index (χ1) is 12.5. The first-order valence-electron chi connectivity index (χ1n) is 8.97. The molecule has 0 aliphatic carbocycles. The lowest BCUT2D eigenvalue weighted by atomic mass is 10.0. The molecule has 2 rings (SSSR count). The van der Waals surface area contributed by atoms with Crippen molar-refractivity contribution in [1.82, 2.24) is 15.5 Å².